The minimum atomic E-state index is -1.05. The van der Waals surface area contributed by atoms with Gasteiger partial charge in [-0.2, -0.15) is 0 Å². The summed E-state index contributed by atoms with van der Waals surface area (Å²) < 4.78 is 18.2. The number of nitrogens with one attached hydrogen (secondary N) is 1. The van der Waals surface area contributed by atoms with Gasteiger partial charge in [0.2, 0.25) is 5.01 Å². The molecule has 0 aliphatic rings. The Labute approximate surface area is 112 Å². The summed E-state index contributed by atoms with van der Waals surface area (Å²) >= 11 is 1.05. The number of carbonyl (C=O) groups is 1. The molecular weight excluding hydrogens is 271 g/mol. The van der Waals surface area contributed by atoms with Crippen LogP contribution in [0.3, 0.4) is 0 Å². The number of hydrogen-bond acceptors (Lipinski definition) is 5. The van der Waals surface area contributed by atoms with Crippen LogP contribution in [0.15, 0.2) is 23.6 Å². The molecule has 5 nitrogen and oxygen atoms in total. The fourth-order valence-corrected chi connectivity index (χ4v) is 2.12. The monoisotopic (exact) mass is 282 g/mol. The Morgan fingerprint density at radius 3 is 2.95 bits per heavy atom. The maximum Gasteiger partial charge on any atom is 0.365 e. The number of carboxylic acids is 1. The van der Waals surface area contributed by atoms with Crippen molar-refractivity contribution < 1.29 is 19.0 Å². The second-order valence-corrected chi connectivity index (χ2v) is 4.54. The average Bonchev–Trinajstić information content (AvgIpc) is 2.84. The highest BCUT2D eigenvalue weighted by Crippen LogP contribution is 2.20. The van der Waals surface area contributed by atoms with Gasteiger partial charge < -0.3 is 15.2 Å². The topological polar surface area (TPSA) is 71.5 Å². The zero-order chi connectivity index (χ0) is 13.8. The molecule has 0 amide bonds. The predicted octanol–water partition coefficient (Wildman–Crippen LogP) is 2.60. The molecule has 7 heteroatoms. The minimum absolute atomic E-state index is 0.0358. The van der Waals surface area contributed by atoms with Crippen molar-refractivity contribution in [3.05, 3.63) is 40.1 Å². The molecule has 0 aliphatic carbocycles. The first-order chi connectivity index (χ1) is 9.08. The summed E-state index contributed by atoms with van der Waals surface area (Å²) in [6, 6.07) is 4.25. The van der Waals surface area contributed by atoms with Gasteiger partial charge in [-0.15, -0.1) is 11.3 Å². The number of thiazole rings is 1. The van der Waals surface area contributed by atoms with Crippen molar-refractivity contribution in [1.82, 2.24) is 4.98 Å². The lowest BCUT2D eigenvalue weighted by molar-refractivity contribution is 0.0696. The van der Waals surface area contributed by atoms with Crippen LogP contribution in [0.25, 0.3) is 0 Å². The van der Waals surface area contributed by atoms with Gasteiger partial charge in [-0.3, -0.25) is 0 Å². The Hall–Kier alpha value is -2.15. The highest BCUT2D eigenvalue weighted by atomic mass is 32.1. The summed E-state index contributed by atoms with van der Waals surface area (Å²) in [6.45, 7) is 0.316. The van der Waals surface area contributed by atoms with Crippen LogP contribution in [0.1, 0.15) is 15.5 Å². The number of ether oxygens (including phenoxy) is 1. The van der Waals surface area contributed by atoms with Gasteiger partial charge in [0.25, 0.3) is 0 Å². The zero-order valence-electron chi connectivity index (χ0n) is 10.0. The summed E-state index contributed by atoms with van der Waals surface area (Å²) in [7, 11) is 1.46. The van der Waals surface area contributed by atoms with Crippen molar-refractivity contribution >= 4 is 23.0 Å². The Kier molecular flexibility index (Phi) is 3.96. The number of benzene rings is 1. The number of methoxy groups -OCH3 is 1. The average molecular weight is 282 g/mol. The molecule has 0 unspecified atom stereocenters. The van der Waals surface area contributed by atoms with Crippen molar-refractivity contribution in [3.8, 4) is 5.75 Å². The second-order valence-electron chi connectivity index (χ2n) is 3.68. The van der Waals surface area contributed by atoms with E-state index in [9.17, 15) is 9.18 Å². The van der Waals surface area contributed by atoms with Crippen LogP contribution >= 0.6 is 11.3 Å². The Morgan fingerprint density at radius 1 is 1.53 bits per heavy atom. The quantitative estimate of drug-likeness (QED) is 0.882. The summed E-state index contributed by atoms with van der Waals surface area (Å²) in [4.78, 5) is 14.6. The fraction of sp³-hybridized carbons (Fsp3) is 0.167. The van der Waals surface area contributed by atoms with E-state index >= 15 is 0 Å². The van der Waals surface area contributed by atoms with Crippen molar-refractivity contribution in [2.75, 3.05) is 12.4 Å². The van der Waals surface area contributed by atoms with Crippen molar-refractivity contribution in [2.45, 2.75) is 6.54 Å². The van der Waals surface area contributed by atoms with E-state index in [1.54, 1.807) is 11.4 Å². The molecule has 0 radical (unpaired) electrons. The molecule has 1 aromatic carbocycles. The van der Waals surface area contributed by atoms with Crippen LogP contribution < -0.4 is 10.1 Å². The van der Waals surface area contributed by atoms with Crippen LogP contribution in [0, 0.1) is 5.82 Å². The van der Waals surface area contributed by atoms with Gasteiger partial charge in [-0.25, -0.2) is 14.2 Å². The van der Waals surface area contributed by atoms with Gasteiger partial charge in [-0.05, 0) is 6.07 Å². The van der Waals surface area contributed by atoms with Crippen LogP contribution in [0.4, 0.5) is 10.1 Å². The lowest BCUT2D eigenvalue weighted by Crippen LogP contribution is -2.02. The van der Waals surface area contributed by atoms with Crippen LogP contribution in [-0.4, -0.2) is 23.2 Å². The highest BCUT2D eigenvalue weighted by molar-refractivity contribution is 7.11. The van der Waals surface area contributed by atoms with Gasteiger partial charge in [0.15, 0.2) is 0 Å². The molecule has 0 fully saturated rings. The van der Waals surface area contributed by atoms with Gasteiger partial charge in [-0.1, -0.05) is 0 Å². The molecule has 2 rings (SSSR count). The molecule has 0 spiro atoms. The number of nitrogens with zero attached hydrogens (tertiary/aromatic N) is 1. The molecule has 0 aliphatic heterocycles. The number of aromatic nitrogens is 1. The normalized spacial score (nSPS) is 10.2. The molecule has 1 heterocycles. The smallest absolute Gasteiger partial charge is 0.365 e. The molecule has 0 saturated carbocycles. The summed E-state index contributed by atoms with van der Waals surface area (Å²) in [5.41, 5.74) is 1.13. The third kappa shape index (κ3) is 3.41. The standard InChI is InChI=1S/C12H11FN2O3S/c1-18-10-3-7(13)2-8(4-10)14-5-9-6-19-11(15-9)12(16)17/h2-4,6,14H,5H2,1H3,(H,16,17). The SMILES string of the molecule is COc1cc(F)cc(NCc2csc(C(=O)O)n2)c1. The number of hydrogen-bond donors (Lipinski definition) is 2. The van der Waals surface area contributed by atoms with Gasteiger partial charge in [0.1, 0.15) is 11.6 Å². The number of rotatable bonds is 5. The molecule has 19 heavy (non-hydrogen) atoms. The molecule has 100 valence electrons. The first-order valence-electron chi connectivity index (χ1n) is 5.34. The van der Waals surface area contributed by atoms with Crippen molar-refractivity contribution in [2.24, 2.45) is 0 Å². The van der Waals surface area contributed by atoms with Crippen LogP contribution in [0.5, 0.6) is 5.75 Å². The van der Waals surface area contributed by atoms with Crippen molar-refractivity contribution in [3.63, 3.8) is 0 Å². The van der Waals surface area contributed by atoms with E-state index in [0.717, 1.165) is 11.3 Å². The first-order valence-corrected chi connectivity index (χ1v) is 6.22. The van der Waals surface area contributed by atoms with Gasteiger partial charge in [0.05, 0.1) is 19.3 Å². The summed E-state index contributed by atoms with van der Waals surface area (Å²) in [5, 5.41) is 13.4. The van der Waals surface area contributed by atoms with Crippen molar-refractivity contribution in [1.29, 1.82) is 0 Å². The maximum atomic E-state index is 13.2. The summed E-state index contributed by atoms with van der Waals surface area (Å²) in [5.74, 6) is -1.05. The van der Waals surface area contributed by atoms with E-state index in [1.807, 2.05) is 0 Å². The molecule has 0 saturated heterocycles. The largest absolute Gasteiger partial charge is 0.497 e. The molecule has 0 bridgehead atoms. The van der Waals surface area contributed by atoms with Gasteiger partial charge in [0, 0.05) is 23.2 Å². The summed E-state index contributed by atoms with van der Waals surface area (Å²) in [6.07, 6.45) is 0. The highest BCUT2D eigenvalue weighted by Gasteiger charge is 2.09. The Morgan fingerprint density at radius 2 is 2.32 bits per heavy atom. The molecule has 1 aromatic heterocycles. The van der Waals surface area contributed by atoms with E-state index in [1.165, 1.54) is 19.2 Å². The van der Waals surface area contributed by atoms with E-state index in [2.05, 4.69) is 10.3 Å². The molecule has 0 atom stereocenters. The van der Waals surface area contributed by atoms with E-state index in [0.29, 0.717) is 23.7 Å². The Bertz CT molecular complexity index is 600. The zero-order valence-corrected chi connectivity index (χ0v) is 10.8. The lowest BCUT2D eigenvalue weighted by Gasteiger charge is -2.07. The number of carboxylic acid groups (broad SMARTS) is 1. The van der Waals surface area contributed by atoms with E-state index in [-0.39, 0.29) is 5.01 Å². The molecular formula is C12H11FN2O3S. The van der Waals surface area contributed by atoms with Gasteiger partial charge >= 0.3 is 5.97 Å². The first kappa shape index (κ1) is 13.3. The van der Waals surface area contributed by atoms with E-state index < -0.39 is 11.8 Å². The molecule has 2 N–H and O–H groups in total. The predicted molar refractivity (Wildman–Crippen MR) is 69.4 cm³/mol. The fourth-order valence-electron chi connectivity index (χ4n) is 1.46. The second kappa shape index (κ2) is 5.66. The number of halogens is 1. The number of anilines is 1. The lowest BCUT2D eigenvalue weighted by atomic mass is 10.3. The number of aromatic carboxylic acids is 1. The van der Waals surface area contributed by atoms with Crippen LogP contribution in [-0.2, 0) is 6.54 Å². The Balaban J connectivity index is 2.05. The van der Waals surface area contributed by atoms with Crippen LogP contribution in [0.2, 0.25) is 0 Å². The maximum absolute atomic E-state index is 13.2. The minimum Gasteiger partial charge on any atom is -0.497 e. The molecule has 2 aromatic rings. The van der Waals surface area contributed by atoms with E-state index in [4.69, 9.17) is 9.84 Å². The third-order valence-electron chi connectivity index (χ3n) is 2.32. The third-order valence-corrected chi connectivity index (χ3v) is 3.19.